The highest BCUT2D eigenvalue weighted by molar-refractivity contribution is 5.09. The summed E-state index contributed by atoms with van der Waals surface area (Å²) in [5, 5.41) is 19.6. The molecule has 0 aromatic rings. The molecule has 8 atom stereocenters. The lowest BCUT2D eigenvalue weighted by Gasteiger charge is -2.61. The van der Waals surface area contributed by atoms with Crippen molar-refractivity contribution in [2.24, 2.45) is 40.4 Å². The van der Waals surface area contributed by atoms with Crippen LogP contribution >= 0.6 is 0 Å². The molecule has 2 nitrogen and oxygen atoms in total. The van der Waals surface area contributed by atoms with E-state index in [2.05, 4.69) is 13.8 Å². The smallest absolute Gasteiger partial charge is 0.0543 e. The van der Waals surface area contributed by atoms with Gasteiger partial charge in [0.2, 0.25) is 0 Å². The molecule has 0 aromatic heterocycles. The van der Waals surface area contributed by atoms with Gasteiger partial charge in [0.1, 0.15) is 0 Å². The van der Waals surface area contributed by atoms with E-state index in [1.54, 1.807) is 0 Å². The Balaban J connectivity index is 1.58. The van der Waals surface area contributed by atoms with Gasteiger partial charge in [-0.05, 0) is 105 Å². The zero-order chi connectivity index (χ0) is 16.2. The first kappa shape index (κ1) is 16.4. The van der Waals surface area contributed by atoms with E-state index in [4.69, 9.17) is 0 Å². The summed E-state index contributed by atoms with van der Waals surface area (Å²) in [5.74, 6) is 4.26. The van der Waals surface area contributed by atoms with Crippen molar-refractivity contribution >= 4 is 0 Å². The van der Waals surface area contributed by atoms with Crippen LogP contribution in [0.25, 0.3) is 0 Å². The number of aliphatic hydroxyl groups excluding tert-OH is 2. The Morgan fingerprint density at radius 2 is 1.61 bits per heavy atom. The standard InChI is InChI=1S/C21H36O2/c1-20-11-8-19-17(18(20)6-4-14(20)9-12-22)5-3-15-13-16(23)7-10-21(15,19)2/h14-19,22-23H,3-13H2,1-2H3/t14-,15-,16-,17+,18+,19+,20-,21+/m1/s1. The minimum Gasteiger partial charge on any atom is -0.396 e. The SMILES string of the molecule is C[C@]12CC[C@@H](O)C[C@H]1CC[C@@H]1[C@@H]2CC[C@]2(C)[C@@H](CCO)CC[C@@H]12. The number of rotatable bonds is 2. The van der Waals surface area contributed by atoms with Gasteiger partial charge in [0.05, 0.1) is 6.10 Å². The molecule has 0 radical (unpaired) electrons. The van der Waals surface area contributed by atoms with Crippen LogP contribution in [-0.2, 0) is 0 Å². The second-order valence-electron chi connectivity index (χ2n) is 9.92. The van der Waals surface area contributed by atoms with Gasteiger partial charge in [0.25, 0.3) is 0 Å². The first-order valence-corrected chi connectivity index (χ1v) is 10.3. The number of hydrogen-bond acceptors (Lipinski definition) is 2. The van der Waals surface area contributed by atoms with Crippen molar-refractivity contribution in [1.29, 1.82) is 0 Å². The predicted molar refractivity (Wildman–Crippen MR) is 92.9 cm³/mol. The lowest BCUT2D eigenvalue weighted by molar-refractivity contribution is -0.127. The van der Waals surface area contributed by atoms with E-state index < -0.39 is 0 Å². The maximum atomic E-state index is 10.1. The fraction of sp³-hybridized carbons (Fsp3) is 1.00. The molecule has 0 aromatic carbocycles. The molecule has 0 bridgehead atoms. The molecule has 0 unspecified atom stereocenters. The molecule has 4 aliphatic rings. The molecule has 2 N–H and O–H groups in total. The molecular weight excluding hydrogens is 284 g/mol. The third-order valence-corrected chi connectivity index (χ3v) is 9.31. The maximum absolute atomic E-state index is 10.1. The molecule has 23 heavy (non-hydrogen) atoms. The molecular formula is C21H36O2. The summed E-state index contributed by atoms with van der Waals surface area (Å²) < 4.78 is 0. The van der Waals surface area contributed by atoms with E-state index in [0.717, 1.165) is 48.9 Å². The molecule has 0 aliphatic heterocycles. The first-order valence-electron chi connectivity index (χ1n) is 10.3. The highest BCUT2D eigenvalue weighted by Crippen LogP contribution is 2.67. The van der Waals surface area contributed by atoms with Crippen LogP contribution in [0.2, 0.25) is 0 Å². The molecule has 0 heterocycles. The van der Waals surface area contributed by atoms with E-state index in [1.807, 2.05) is 0 Å². The second kappa shape index (κ2) is 5.73. The van der Waals surface area contributed by atoms with Gasteiger partial charge in [-0.3, -0.25) is 0 Å². The Kier molecular flexibility index (Phi) is 4.08. The second-order valence-corrected chi connectivity index (χ2v) is 9.92. The predicted octanol–water partition coefficient (Wildman–Crippen LogP) is 4.39. The van der Waals surface area contributed by atoms with Crippen molar-refractivity contribution in [2.45, 2.75) is 84.2 Å². The fourth-order valence-corrected chi connectivity index (χ4v) is 7.97. The van der Waals surface area contributed by atoms with Gasteiger partial charge in [0.15, 0.2) is 0 Å². The normalized spacial score (nSPS) is 55.8. The Morgan fingerprint density at radius 3 is 2.39 bits per heavy atom. The zero-order valence-electron chi connectivity index (χ0n) is 15.1. The van der Waals surface area contributed by atoms with Crippen LogP contribution in [-0.4, -0.2) is 22.9 Å². The Hall–Kier alpha value is -0.0800. The van der Waals surface area contributed by atoms with Crippen LogP contribution in [0.4, 0.5) is 0 Å². The first-order chi connectivity index (χ1) is 11.0. The van der Waals surface area contributed by atoms with Crippen LogP contribution < -0.4 is 0 Å². The van der Waals surface area contributed by atoms with Gasteiger partial charge >= 0.3 is 0 Å². The van der Waals surface area contributed by atoms with Crippen molar-refractivity contribution in [3.8, 4) is 0 Å². The number of hydrogen-bond donors (Lipinski definition) is 2. The molecule has 4 aliphatic carbocycles. The molecule has 4 saturated carbocycles. The van der Waals surface area contributed by atoms with Gasteiger partial charge in [-0.25, -0.2) is 0 Å². The Bertz CT molecular complexity index is 449. The van der Waals surface area contributed by atoms with Gasteiger partial charge in [-0.2, -0.15) is 0 Å². The minimum absolute atomic E-state index is 0.0288. The summed E-state index contributed by atoms with van der Waals surface area (Å²) in [7, 11) is 0. The van der Waals surface area contributed by atoms with Crippen LogP contribution in [0.5, 0.6) is 0 Å². The number of aliphatic hydroxyl groups is 2. The Labute approximate surface area is 142 Å². The summed E-state index contributed by atoms with van der Waals surface area (Å²) in [5.41, 5.74) is 1.000. The van der Waals surface area contributed by atoms with Crippen LogP contribution in [0.1, 0.15) is 78.1 Å². The lowest BCUT2D eigenvalue weighted by Crippen LogP contribution is -2.53. The zero-order valence-corrected chi connectivity index (χ0v) is 15.1. The third-order valence-electron chi connectivity index (χ3n) is 9.31. The van der Waals surface area contributed by atoms with Crippen molar-refractivity contribution < 1.29 is 10.2 Å². The van der Waals surface area contributed by atoms with E-state index in [9.17, 15) is 10.2 Å². The van der Waals surface area contributed by atoms with Crippen LogP contribution in [0.3, 0.4) is 0 Å². The Morgan fingerprint density at radius 1 is 0.870 bits per heavy atom. The summed E-state index contributed by atoms with van der Waals surface area (Å²) >= 11 is 0. The number of fused-ring (bicyclic) bond motifs is 5. The molecule has 4 fully saturated rings. The molecule has 2 heteroatoms. The molecule has 0 amide bonds. The van der Waals surface area contributed by atoms with Crippen LogP contribution in [0.15, 0.2) is 0 Å². The van der Waals surface area contributed by atoms with Crippen molar-refractivity contribution in [3.63, 3.8) is 0 Å². The van der Waals surface area contributed by atoms with Crippen molar-refractivity contribution in [3.05, 3.63) is 0 Å². The van der Waals surface area contributed by atoms with Gasteiger partial charge in [0, 0.05) is 6.61 Å². The molecule has 0 spiro atoms. The van der Waals surface area contributed by atoms with Gasteiger partial charge in [-0.1, -0.05) is 13.8 Å². The largest absolute Gasteiger partial charge is 0.396 e. The third kappa shape index (κ3) is 2.34. The highest BCUT2D eigenvalue weighted by atomic mass is 16.3. The summed E-state index contributed by atoms with van der Waals surface area (Å²) in [6.07, 6.45) is 12.7. The molecule has 132 valence electrons. The van der Waals surface area contributed by atoms with E-state index in [-0.39, 0.29) is 6.10 Å². The van der Waals surface area contributed by atoms with E-state index in [1.165, 1.54) is 44.9 Å². The summed E-state index contributed by atoms with van der Waals surface area (Å²) in [4.78, 5) is 0. The quantitative estimate of drug-likeness (QED) is 0.792. The van der Waals surface area contributed by atoms with Crippen molar-refractivity contribution in [1.82, 2.24) is 0 Å². The van der Waals surface area contributed by atoms with E-state index >= 15 is 0 Å². The average molecular weight is 321 g/mol. The average Bonchev–Trinajstić information content (AvgIpc) is 2.85. The topological polar surface area (TPSA) is 40.5 Å². The summed E-state index contributed by atoms with van der Waals surface area (Å²) in [6, 6.07) is 0. The highest BCUT2D eigenvalue weighted by Gasteiger charge is 2.59. The lowest BCUT2D eigenvalue weighted by atomic mass is 9.44. The monoisotopic (exact) mass is 320 g/mol. The molecule has 0 saturated heterocycles. The summed E-state index contributed by atoms with van der Waals surface area (Å²) in [6.45, 7) is 5.50. The van der Waals surface area contributed by atoms with Crippen LogP contribution in [0, 0.1) is 40.4 Å². The fourth-order valence-electron chi connectivity index (χ4n) is 7.97. The minimum atomic E-state index is -0.0288. The van der Waals surface area contributed by atoms with Crippen molar-refractivity contribution in [2.75, 3.05) is 6.61 Å². The van der Waals surface area contributed by atoms with Gasteiger partial charge in [-0.15, -0.1) is 0 Å². The molecule has 4 rings (SSSR count). The van der Waals surface area contributed by atoms with E-state index in [0.29, 0.717) is 17.4 Å². The van der Waals surface area contributed by atoms with Gasteiger partial charge < -0.3 is 10.2 Å². The maximum Gasteiger partial charge on any atom is 0.0543 e.